The van der Waals surface area contributed by atoms with E-state index in [9.17, 15) is 0 Å². The van der Waals surface area contributed by atoms with Crippen molar-refractivity contribution in [2.75, 3.05) is 0 Å². The Balaban J connectivity index is 1.89. The zero-order valence-corrected chi connectivity index (χ0v) is 13.6. The molecule has 0 aromatic heterocycles. The normalized spacial score (nSPS) is 47.5. The molecule has 0 amide bonds. The molecule has 0 spiro atoms. The van der Waals surface area contributed by atoms with Crippen LogP contribution in [0, 0.1) is 22.2 Å². The molecule has 20 heavy (non-hydrogen) atoms. The van der Waals surface area contributed by atoms with Crippen molar-refractivity contribution in [2.45, 2.75) is 78.2 Å². The topological polar surface area (TPSA) is 38.0 Å². The molecular formula is C18H32N2. The molecule has 3 N–H and O–H groups in total. The van der Waals surface area contributed by atoms with E-state index < -0.39 is 0 Å². The largest absolute Gasteiger partial charge is 0.271 e. The molecule has 0 aromatic carbocycles. The van der Waals surface area contributed by atoms with Crippen LogP contribution in [0.2, 0.25) is 0 Å². The molecular weight excluding hydrogens is 244 g/mol. The summed E-state index contributed by atoms with van der Waals surface area (Å²) in [7, 11) is 0. The highest BCUT2D eigenvalue weighted by Gasteiger charge is 2.61. The van der Waals surface area contributed by atoms with Crippen LogP contribution in [0.25, 0.3) is 0 Å². The van der Waals surface area contributed by atoms with E-state index in [2.05, 4.69) is 32.8 Å². The second-order valence-electron chi connectivity index (χ2n) is 9.02. The van der Waals surface area contributed by atoms with Crippen molar-refractivity contribution in [1.82, 2.24) is 5.43 Å². The van der Waals surface area contributed by atoms with E-state index in [1.54, 1.807) is 0 Å². The predicted molar refractivity (Wildman–Crippen MR) is 85.0 cm³/mol. The maximum Gasteiger partial charge on any atom is 0.0304 e. The molecule has 0 aromatic rings. The van der Waals surface area contributed by atoms with Crippen LogP contribution in [0.15, 0.2) is 12.2 Å². The number of rotatable bonds is 5. The van der Waals surface area contributed by atoms with Crippen molar-refractivity contribution in [3.8, 4) is 0 Å². The van der Waals surface area contributed by atoms with Gasteiger partial charge in [0.2, 0.25) is 0 Å². The molecule has 3 unspecified atom stereocenters. The third-order valence-corrected chi connectivity index (χ3v) is 6.60. The first-order valence-corrected chi connectivity index (χ1v) is 8.45. The summed E-state index contributed by atoms with van der Waals surface area (Å²) >= 11 is 0. The Morgan fingerprint density at radius 1 is 1.20 bits per heavy atom. The SMILES string of the molecule is C=C(CC)CC(NN)C12CC3CC(C)(CC(C)(C3)C1)C2. The maximum absolute atomic E-state index is 5.99. The van der Waals surface area contributed by atoms with Gasteiger partial charge in [0.15, 0.2) is 0 Å². The lowest BCUT2D eigenvalue weighted by atomic mass is 9.39. The minimum atomic E-state index is 0.426. The fourth-order valence-corrected chi connectivity index (χ4v) is 6.81. The number of nitrogens with one attached hydrogen (secondary N) is 1. The third-order valence-electron chi connectivity index (χ3n) is 6.60. The van der Waals surface area contributed by atoms with Gasteiger partial charge in [-0.2, -0.15) is 0 Å². The van der Waals surface area contributed by atoms with E-state index in [4.69, 9.17) is 5.84 Å². The van der Waals surface area contributed by atoms with Crippen LogP contribution in [0.3, 0.4) is 0 Å². The van der Waals surface area contributed by atoms with Gasteiger partial charge >= 0.3 is 0 Å². The molecule has 114 valence electrons. The molecule has 0 saturated heterocycles. The summed E-state index contributed by atoms with van der Waals surface area (Å²) < 4.78 is 0. The molecule has 0 heterocycles. The van der Waals surface area contributed by atoms with Gasteiger partial charge in [-0.25, -0.2) is 0 Å². The van der Waals surface area contributed by atoms with Crippen molar-refractivity contribution < 1.29 is 0 Å². The highest BCUT2D eigenvalue weighted by molar-refractivity contribution is 5.15. The second kappa shape index (κ2) is 4.58. The molecule has 4 fully saturated rings. The molecule has 4 aliphatic carbocycles. The monoisotopic (exact) mass is 276 g/mol. The fourth-order valence-electron chi connectivity index (χ4n) is 6.81. The van der Waals surface area contributed by atoms with Crippen LogP contribution in [0.1, 0.15) is 72.1 Å². The first kappa shape index (κ1) is 14.6. The van der Waals surface area contributed by atoms with E-state index in [0.29, 0.717) is 22.3 Å². The average Bonchev–Trinajstić information content (AvgIpc) is 2.30. The Labute approximate surface area is 124 Å². The van der Waals surface area contributed by atoms with Crippen molar-refractivity contribution in [3.63, 3.8) is 0 Å². The highest BCUT2D eigenvalue weighted by Crippen LogP contribution is 2.70. The molecule has 3 atom stereocenters. The average molecular weight is 276 g/mol. The summed E-state index contributed by atoms with van der Waals surface area (Å²) in [5.74, 6) is 6.93. The summed E-state index contributed by atoms with van der Waals surface area (Å²) in [6, 6.07) is 0.428. The van der Waals surface area contributed by atoms with Gasteiger partial charge in [-0.3, -0.25) is 11.3 Å². The van der Waals surface area contributed by atoms with Crippen LogP contribution in [0.4, 0.5) is 0 Å². The summed E-state index contributed by atoms with van der Waals surface area (Å²) in [4.78, 5) is 0. The summed E-state index contributed by atoms with van der Waals surface area (Å²) in [5, 5.41) is 0. The number of hydrogen-bond donors (Lipinski definition) is 2. The molecule has 0 aliphatic heterocycles. The molecule has 4 aliphatic rings. The van der Waals surface area contributed by atoms with Gasteiger partial charge in [0.25, 0.3) is 0 Å². The van der Waals surface area contributed by atoms with Crippen LogP contribution >= 0.6 is 0 Å². The van der Waals surface area contributed by atoms with E-state index in [-0.39, 0.29) is 0 Å². The lowest BCUT2D eigenvalue weighted by Crippen LogP contribution is -2.62. The van der Waals surface area contributed by atoms with Crippen LogP contribution < -0.4 is 11.3 Å². The van der Waals surface area contributed by atoms with Crippen LogP contribution in [-0.4, -0.2) is 6.04 Å². The van der Waals surface area contributed by atoms with Gasteiger partial charge in [0, 0.05) is 6.04 Å². The summed E-state index contributed by atoms with van der Waals surface area (Å²) in [6.45, 7) is 11.5. The Kier molecular flexibility index (Phi) is 3.34. The van der Waals surface area contributed by atoms with E-state index in [1.807, 2.05) is 0 Å². The molecule has 2 heteroatoms. The quantitative estimate of drug-likeness (QED) is 0.449. The highest BCUT2D eigenvalue weighted by atomic mass is 15.2. The Morgan fingerprint density at radius 3 is 2.25 bits per heavy atom. The minimum absolute atomic E-state index is 0.426. The maximum atomic E-state index is 5.99. The first-order chi connectivity index (χ1) is 9.32. The molecule has 4 rings (SSSR count). The van der Waals surface area contributed by atoms with Gasteiger partial charge in [-0.05, 0) is 73.5 Å². The second-order valence-corrected chi connectivity index (χ2v) is 9.02. The molecule has 4 saturated carbocycles. The molecule has 2 nitrogen and oxygen atoms in total. The zero-order valence-electron chi connectivity index (χ0n) is 13.6. The third kappa shape index (κ3) is 2.25. The first-order valence-electron chi connectivity index (χ1n) is 8.45. The lowest BCUT2D eigenvalue weighted by molar-refractivity contribution is -0.157. The number of hydrogen-bond acceptors (Lipinski definition) is 2. The van der Waals surface area contributed by atoms with Gasteiger partial charge in [0.1, 0.15) is 0 Å². The Bertz CT molecular complexity index is 396. The van der Waals surface area contributed by atoms with Gasteiger partial charge < -0.3 is 0 Å². The fraction of sp³-hybridized carbons (Fsp3) is 0.889. The Morgan fingerprint density at radius 2 is 1.80 bits per heavy atom. The van der Waals surface area contributed by atoms with Crippen LogP contribution in [0.5, 0.6) is 0 Å². The van der Waals surface area contributed by atoms with Crippen molar-refractivity contribution in [1.29, 1.82) is 0 Å². The standard InChI is InChI=1S/C18H32N2/c1-5-13(2)6-15(20-19)18-9-14-7-16(3,11-18)10-17(4,8-14)12-18/h14-15,20H,2,5-12,19H2,1,3-4H3. The van der Waals surface area contributed by atoms with E-state index in [1.165, 1.54) is 44.1 Å². The zero-order chi connectivity index (χ0) is 14.6. The lowest BCUT2D eigenvalue weighted by Gasteiger charge is -2.67. The summed E-state index contributed by atoms with van der Waals surface area (Å²) in [5.41, 5.74) is 6.10. The van der Waals surface area contributed by atoms with Crippen molar-refractivity contribution >= 4 is 0 Å². The minimum Gasteiger partial charge on any atom is -0.271 e. The van der Waals surface area contributed by atoms with E-state index >= 15 is 0 Å². The van der Waals surface area contributed by atoms with E-state index in [0.717, 1.165) is 18.8 Å². The van der Waals surface area contributed by atoms with Gasteiger partial charge in [-0.1, -0.05) is 32.9 Å². The van der Waals surface area contributed by atoms with Gasteiger partial charge in [0.05, 0.1) is 0 Å². The van der Waals surface area contributed by atoms with Crippen molar-refractivity contribution in [3.05, 3.63) is 12.2 Å². The smallest absolute Gasteiger partial charge is 0.0304 e. The summed E-state index contributed by atoms with van der Waals surface area (Å²) in [6.07, 6.45) is 10.6. The predicted octanol–water partition coefficient (Wildman–Crippen LogP) is 4.17. The van der Waals surface area contributed by atoms with Crippen LogP contribution in [-0.2, 0) is 0 Å². The number of nitrogens with two attached hydrogens (primary N) is 1. The van der Waals surface area contributed by atoms with Gasteiger partial charge in [-0.15, -0.1) is 0 Å². The molecule has 4 bridgehead atoms. The molecule has 0 radical (unpaired) electrons. The van der Waals surface area contributed by atoms with Crippen molar-refractivity contribution in [2.24, 2.45) is 28.0 Å². The Hall–Kier alpha value is -0.340. The number of hydrazine groups is 1.